The lowest BCUT2D eigenvalue weighted by molar-refractivity contribution is -0.301. The molecule has 2 aromatic carbocycles. The van der Waals surface area contributed by atoms with Crippen LogP contribution in [0, 0.1) is 6.92 Å². The van der Waals surface area contributed by atoms with Crippen molar-refractivity contribution in [2.24, 2.45) is 0 Å². The molecule has 0 saturated heterocycles. The summed E-state index contributed by atoms with van der Waals surface area (Å²) in [6, 6.07) is 13.7. The lowest BCUT2D eigenvalue weighted by Crippen LogP contribution is -2.21. The average molecular weight is 312 g/mol. The molecular formula is C19H20O4. The lowest BCUT2D eigenvalue weighted by Gasteiger charge is -2.16. The van der Waals surface area contributed by atoms with Gasteiger partial charge in [-0.05, 0) is 39.8 Å². The largest absolute Gasteiger partial charge is 0.373 e. The molecule has 0 atom stereocenters. The number of aryl methyl sites for hydroxylation is 1. The Hall–Kier alpha value is -2.46. The first kappa shape index (κ1) is 16.9. The Bertz CT molecular complexity index is 692. The highest BCUT2D eigenvalue weighted by Crippen LogP contribution is 2.14. The van der Waals surface area contributed by atoms with Gasteiger partial charge < -0.3 is 0 Å². The van der Waals surface area contributed by atoms with E-state index in [0.29, 0.717) is 16.7 Å². The Labute approximate surface area is 136 Å². The number of benzene rings is 2. The smallest absolute Gasteiger partial charge is 0.292 e. The summed E-state index contributed by atoms with van der Waals surface area (Å²) < 4.78 is 0. The van der Waals surface area contributed by atoms with Gasteiger partial charge in [-0.15, -0.1) is 0 Å². The van der Waals surface area contributed by atoms with Crippen LogP contribution in [0.3, 0.4) is 0 Å². The zero-order valence-electron chi connectivity index (χ0n) is 13.8. The second kappa shape index (κ2) is 6.75. The third kappa shape index (κ3) is 4.76. The molecule has 4 nitrogen and oxygen atoms in total. The third-order valence-corrected chi connectivity index (χ3v) is 3.06. The molecule has 23 heavy (non-hydrogen) atoms. The zero-order valence-corrected chi connectivity index (χ0v) is 13.8. The maximum Gasteiger partial charge on any atom is 0.373 e. The van der Waals surface area contributed by atoms with Crippen molar-refractivity contribution in [2.45, 2.75) is 33.3 Å². The van der Waals surface area contributed by atoms with Crippen molar-refractivity contribution in [1.82, 2.24) is 0 Å². The lowest BCUT2D eigenvalue weighted by atomic mass is 10.0. The van der Waals surface area contributed by atoms with Crippen LogP contribution in [0.25, 0.3) is 0 Å². The highest BCUT2D eigenvalue weighted by atomic mass is 17.2. The normalized spacial score (nSPS) is 11.1. The summed E-state index contributed by atoms with van der Waals surface area (Å²) in [6.07, 6.45) is 0. The second-order valence-corrected chi connectivity index (χ2v) is 6.34. The number of hydrogen-bond donors (Lipinski definition) is 0. The molecule has 0 heterocycles. The van der Waals surface area contributed by atoms with E-state index in [1.54, 1.807) is 57.2 Å². The zero-order chi connectivity index (χ0) is 17.0. The molecule has 0 spiro atoms. The number of hydrogen-bond acceptors (Lipinski definition) is 4. The van der Waals surface area contributed by atoms with Crippen molar-refractivity contribution in [3.05, 3.63) is 70.8 Å². The van der Waals surface area contributed by atoms with E-state index in [2.05, 4.69) is 0 Å². The van der Waals surface area contributed by atoms with Gasteiger partial charge in [-0.25, -0.2) is 4.79 Å². The minimum atomic E-state index is -0.589. The molecule has 0 aliphatic rings. The van der Waals surface area contributed by atoms with E-state index in [0.717, 1.165) is 5.56 Å². The van der Waals surface area contributed by atoms with Crippen molar-refractivity contribution < 1.29 is 19.4 Å². The molecule has 0 fully saturated rings. The summed E-state index contributed by atoms with van der Waals surface area (Å²) in [5, 5.41) is 0. The highest BCUT2D eigenvalue weighted by Gasteiger charge is 2.17. The van der Waals surface area contributed by atoms with Crippen LogP contribution in [0.1, 0.15) is 52.6 Å². The molecule has 0 aromatic heterocycles. The summed E-state index contributed by atoms with van der Waals surface area (Å²) >= 11 is 0. The molecule has 2 rings (SSSR count). The first-order chi connectivity index (χ1) is 10.8. The van der Waals surface area contributed by atoms with E-state index in [9.17, 15) is 9.59 Å². The standard InChI is InChI=1S/C19H20O4/c1-13-5-7-14(8-6-13)17(20)15-9-11-16(12-10-15)18(21)22-23-19(2,3)4/h5-12H,1-4H3. The van der Waals surface area contributed by atoms with Crippen LogP contribution in [0.15, 0.2) is 48.5 Å². The van der Waals surface area contributed by atoms with Gasteiger partial charge in [0.25, 0.3) is 0 Å². The Balaban J connectivity index is 2.08. The van der Waals surface area contributed by atoms with Crippen molar-refractivity contribution in [3.8, 4) is 0 Å². The second-order valence-electron chi connectivity index (χ2n) is 6.34. The van der Waals surface area contributed by atoms with Crippen LogP contribution in [0.5, 0.6) is 0 Å². The fraction of sp³-hybridized carbons (Fsp3) is 0.263. The molecule has 2 aromatic rings. The number of carbonyl (C=O) groups is 2. The van der Waals surface area contributed by atoms with Gasteiger partial charge in [-0.2, -0.15) is 4.89 Å². The SMILES string of the molecule is Cc1ccc(C(=O)c2ccc(C(=O)OOC(C)(C)C)cc2)cc1. The summed E-state index contributed by atoms with van der Waals surface area (Å²) in [6.45, 7) is 7.31. The first-order valence-electron chi connectivity index (χ1n) is 7.38. The minimum Gasteiger partial charge on any atom is -0.292 e. The first-order valence-corrected chi connectivity index (χ1v) is 7.38. The molecule has 0 amide bonds. The molecule has 0 N–H and O–H groups in total. The summed E-state index contributed by atoms with van der Waals surface area (Å²) in [7, 11) is 0. The molecule has 0 bridgehead atoms. The Morgan fingerprint density at radius 1 is 0.783 bits per heavy atom. The van der Waals surface area contributed by atoms with Crippen LogP contribution in [0.4, 0.5) is 0 Å². The summed E-state index contributed by atoms with van der Waals surface area (Å²) in [5.74, 6) is -0.676. The summed E-state index contributed by atoms with van der Waals surface area (Å²) in [4.78, 5) is 34.0. The average Bonchev–Trinajstić information content (AvgIpc) is 2.52. The Kier molecular flexibility index (Phi) is 4.96. The number of rotatable bonds is 4. The fourth-order valence-electron chi connectivity index (χ4n) is 1.84. The van der Waals surface area contributed by atoms with E-state index in [1.165, 1.54) is 0 Å². The van der Waals surface area contributed by atoms with Gasteiger partial charge in [0.15, 0.2) is 5.78 Å². The van der Waals surface area contributed by atoms with Gasteiger partial charge in [0, 0.05) is 11.1 Å². The number of carbonyl (C=O) groups excluding carboxylic acids is 2. The van der Waals surface area contributed by atoms with Crippen LogP contribution in [0.2, 0.25) is 0 Å². The van der Waals surface area contributed by atoms with E-state index >= 15 is 0 Å². The van der Waals surface area contributed by atoms with Gasteiger partial charge in [0.2, 0.25) is 0 Å². The minimum absolute atomic E-state index is 0.0872. The van der Waals surface area contributed by atoms with Gasteiger partial charge >= 0.3 is 5.97 Å². The topological polar surface area (TPSA) is 52.6 Å². The van der Waals surface area contributed by atoms with E-state index in [4.69, 9.17) is 9.78 Å². The number of ketones is 1. The Morgan fingerprint density at radius 3 is 1.70 bits per heavy atom. The molecule has 0 saturated carbocycles. The van der Waals surface area contributed by atoms with E-state index in [-0.39, 0.29) is 5.78 Å². The van der Waals surface area contributed by atoms with Gasteiger partial charge in [0.05, 0.1) is 5.56 Å². The summed E-state index contributed by atoms with van der Waals surface area (Å²) in [5.41, 5.74) is 1.98. The van der Waals surface area contributed by atoms with Gasteiger partial charge in [-0.1, -0.05) is 42.0 Å². The highest BCUT2D eigenvalue weighted by molar-refractivity contribution is 6.09. The molecule has 4 heteroatoms. The van der Waals surface area contributed by atoms with E-state index in [1.807, 2.05) is 19.1 Å². The Morgan fingerprint density at radius 2 is 1.22 bits per heavy atom. The quantitative estimate of drug-likeness (QED) is 0.484. The fourth-order valence-corrected chi connectivity index (χ4v) is 1.84. The maximum atomic E-state index is 12.4. The van der Waals surface area contributed by atoms with Crippen molar-refractivity contribution in [1.29, 1.82) is 0 Å². The molecule has 0 unspecified atom stereocenters. The predicted octanol–water partition coefficient (Wildman–Crippen LogP) is 4.11. The van der Waals surface area contributed by atoms with Crippen LogP contribution in [-0.4, -0.2) is 17.4 Å². The van der Waals surface area contributed by atoms with Crippen molar-refractivity contribution in [2.75, 3.05) is 0 Å². The van der Waals surface area contributed by atoms with Crippen molar-refractivity contribution in [3.63, 3.8) is 0 Å². The van der Waals surface area contributed by atoms with Gasteiger partial charge in [-0.3, -0.25) is 9.68 Å². The van der Waals surface area contributed by atoms with Crippen LogP contribution < -0.4 is 0 Å². The van der Waals surface area contributed by atoms with Crippen LogP contribution >= 0.6 is 0 Å². The van der Waals surface area contributed by atoms with Crippen molar-refractivity contribution >= 4 is 11.8 Å². The molecule has 0 aliphatic heterocycles. The molecular weight excluding hydrogens is 292 g/mol. The van der Waals surface area contributed by atoms with E-state index < -0.39 is 11.6 Å². The molecule has 0 aliphatic carbocycles. The maximum absolute atomic E-state index is 12.4. The molecule has 0 radical (unpaired) electrons. The molecule has 120 valence electrons. The predicted molar refractivity (Wildman–Crippen MR) is 87.3 cm³/mol. The third-order valence-electron chi connectivity index (χ3n) is 3.06. The van der Waals surface area contributed by atoms with Gasteiger partial charge in [0.1, 0.15) is 5.60 Å². The monoisotopic (exact) mass is 312 g/mol. The van der Waals surface area contributed by atoms with Crippen LogP contribution in [-0.2, 0) is 9.78 Å².